The number of ether oxygens (including phenoxy) is 2. The molecule has 1 fully saturated rings. The fraction of sp³-hybridized carbons (Fsp3) is 0.778. The van der Waals surface area contributed by atoms with E-state index in [4.69, 9.17) is 4.74 Å². The maximum atomic E-state index is 11.3. The average molecular weight is 201 g/mol. The van der Waals surface area contributed by atoms with Crippen molar-refractivity contribution in [2.75, 3.05) is 26.8 Å². The fourth-order valence-electron chi connectivity index (χ4n) is 1.51. The Hall–Kier alpha value is -1.26. The number of amides is 1. The van der Waals surface area contributed by atoms with Crippen molar-refractivity contribution in [3.05, 3.63) is 0 Å². The van der Waals surface area contributed by atoms with Gasteiger partial charge in [0.2, 0.25) is 0 Å². The molecule has 14 heavy (non-hydrogen) atoms. The van der Waals surface area contributed by atoms with Crippen LogP contribution in [0.2, 0.25) is 0 Å². The Morgan fingerprint density at radius 3 is 2.79 bits per heavy atom. The molecule has 0 bridgehead atoms. The van der Waals surface area contributed by atoms with E-state index in [1.165, 1.54) is 12.0 Å². The molecule has 0 saturated carbocycles. The number of carbonyl (C=O) groups is 2. The minimum atomic E-state index is -0.378. The van der Waals surface area contributed by atoms with E-state index in [1.54, 1.807) is 6.92 Å². The van der Waals surface area contributed by atoms with Crippen LogP contribution in [0.5, 0.6) is 0 Å². The van der Waals surface area contributed by atoms with Crippen LogP contribution in [0.3, 0.4) is 0 Å². The van der Waals surface area contributed by atoms with E-state index in [0.717, 1.165) is 0 Å². The average Bonchev–Trinajstić information content (AvgIpc) is 2.66. The first-order chi connectivity index (χ1) is 6.69. The lowest BCUT2D eigenvalue weighted by Gasteiger charge is -2.13. The molecule has 1 amide bonds. The molecule has 0 N–H and O–H groups in total. The number of rotatable bonds is 2. The van der Waals surface area contributed by atoms with Gasteiger partial charge in [0, 0.05) is 13.1 Å². The lowest BCUT2D eigenvalue weighted by atomic mass is 10.1. The predicted molar refractivity (Wildman–Crippen MR) is 48.7 cm³/mol. The summed E-state index contributed by atoms with van der Waals surface area (Å²) < 4.78 is 9.43. The Kier molecular flexibility index (Phi) is 3.73. The van der Waals surface area contributed by atoms with Crippen LogP contribution >= 0.6 is 0 Å². The van der Waals surface area contributed by atoms with Crippen LogP contribution in [0.4, 0.5) is 4.79 Å². The number of hydrogen-bond donors (Lipinski definition) is 0. The molecule has 1 atom stereocenters. The summed E-state index contributed by atoms with van der Waals surface area (Å²) in [4.78, 5) is 23.9. The van der Waals surface area contributed by atoms with Crippen LogP contribution in [0.1, 0.15) is 13.3 Å². The molecule has 1 rings (SSSR count). The van der Waals surface area contributed by atoms with Crippen LogP contribution in [-0.4, -0.2) is 43.8 Å². The fourth-order valence-corrected chi connectivity index (χ4v) is 1.51. The second kappa shape index (κ2) is 4.83. The van der Waals surface area contributed by atoms with Crippen molar-refractivity contribution in [1.82, 2.24) is 4.90 Å². The van der Waals surface area contributed by atoms with Gasteiger partial charge in [0.05, 0.1) is 19.6 Å². The topological polar surface area (TPSA) is 55.8 Å². The SMILES string of the molecule is CCOC(=O)C1CCN(C(=O)OC)C1. The molecular weight excluding hydrogens is 186 g/mol. The van der Waals surface area contributed by atoms with Crippen LogP contribution < -0.4 is 0 Å². The second-order valence-corrected chi connectivity index (χ2v) is 3.15. The number of nitrogens with zero attached hydrogens (tertiary/aromatic N) is 1. The summed E-state index contributed by atoms with van der Waals surface area (Å²) in [5.74, 6) is -0.409. The number of methoxy groups -OCH3 is 1. The van der Waals surface area contributed by atoms with E-state index < -0.39 is 0 Å². The van der Waals surface area contributed by atoms with Gasteiger partial charge in [-0.15, -0.1) is 0 Å². The second-order valence-electron chi connectivity index (χ2n) is 3.15. The number of hydrogen-bond acceptors (Lipinski definition) is 4. The number of esters is 1. The molecule has 1 heterocycles. The molecule has 5 nitrogen and oxygen atoms in total. The first kappa shape index (κ1) is 10.8. The summed E-state index contributed by atoms with van der Waals surface area (Å²) >= 11 is 0. The zero-order chi connectivity index (χ0) is 10.6. The predicted octanol–water partition coefficient (Wildman–Crippen LogP) is 0.638. The Morgan fingerprint density at radius 2 is 2.21 bits per heavy atom. The van der Waals surface area contributed by atoms with Crippen molar-refractivity contribution in [2.24, 2.45) is 5.92 Å². The molecule has 0 aromatic heterocycles. The third kappa shape index (κ3) is 2.37. The molecule has 1 unspecified atom stereocenters. The smallest absolute Gasteiger partial charge is 0.409 e. The van der Waals surface area contributed by atoms with Gasteiger partial charge in [-0.3, -0.25) is 4.79 Å². The van der Waals surface area contributed by atoms with Crippen LogP contribution in [0.15, 0.2) is 0 Å². The first-order valence-electron chi connectivity index (χ1n) is 4.68. The largest absolute Gasteiger partial charge is 0.466 e. The van der Waals surface area contributed by atoms with Crippen LogP contribution in [0, 0.1) is 5.92 Å². The van der Waals surface area contributed by atoms with Gasteiger partial charge in [-0.1, -0.05) is 0 Å². The lowest BCUT2D eigenvalue weighted by Crippen LogP contribution is -2.30. The van der Waals surface area contributed by atoms with Gasteiger partial charge in [0.25, 0.3) is 0 Å². The zero-order valence-corrected chi connectivity index (χ0v) is 8.49. The van der Waals surface area contributed by atoms with Crippen molar-refractivity contribution in [1.29, 1.82) is 0 Å². The normalized spacial score (nSPS) is 20.7. The summed E-state index contributed by atoms with van der Waals surface area (Å²) in [6.45, 7) is 3.13. The van der Waals surface area contributed by atoms with Crippen molar-refractivity contribution in [2.45, 2.75) is 13.3 Å². The summed E-state index contributed by atoms with van der Waals surface area (Å²) in [5, 5.41) is 0. The van der Waals surface area contributed by atoms with Crippen LogP contribution in [-0.2, 0) is 14.3 Å². The van der Waals surface area contributed by atoms with Gasteiger partial charge in [0.1, 0.15) is 0 Å². The summed E-state index contributed by atoms with van der Waals surface area (Å²) in [6.07, 6.45) is 0.283. The minimum absolute atomic E-state index is 0.186. The third-order valence-electron chi connectivity index (χ3n) is 2.24. The lowest BCUT2D eigenvalue weighted by molar-refractivity contribution is -0.147. The summed E-state index contributed by atoms with van der Waals surface area (Å²) in [5.41, 5.74) is 0. The Balaban J connectivity index is 2.41. The highest BCUT2D eigenvalue weighted by Crippen LogP contribution is 2.18. The van der Waals surface area contributed by atoms with E-state index in [-0.39, 0.29) is 18.0 Å². The summed E-state index contributed by atoms with van der Waals surface area (Å²) in [6, 6.07) is 0. The minimum Gasteiger partial charge on any atom is -0.466 e. The zero-order valence-electron chi connectivity index (χ0n) is 8.49. The number of carbonyl (C=O) groups excluding carboxylic acids is 2. The van der Waals surface area contributed by atoms with Crippen LogP contribution in [0.25, 0.3) is 0 Å². The number of likely N-dealkylation sites (tertiary alicyclic amines) is 1. The summed E-state index contributed by atoms with van der Waals surface area (Å²) in [7, 11) is 1.33. The van der Waals surface area contributed by atoms with Gasteiger partial charge in [-0.2, -0.15) is 0 Å². The molecule has 0 aliphatic carbocycles. The highest BCUT2D eigenvalue weighted by Gasteiger charge is 2.32. The van der Waals surface area contributed by atoms with Gasteiger partial charge in [-0.25, -0.2) is 4.79 Å². The quantitative estimate of drug-likeness (QED) is 0.615. The Morgan fingerprint density at radius 1 is 1.50 bits per heavy atom. The molecule has 0 aromatic rings. The third-order valence-corrected chi connectivity index (χ3v) is 2.24. The maximum absolute atomic E-state index is 11.3. The highest BCUT2D eigenvalue weighted by molar-refractivity contribution is 5.75. The van der Waals surface area contributed by atoms with E-state index in [0.29, 0.717) is 26.1 Å². The molecule has 0 radical (unpaired) electrons. The Bertz CT molecular complexity index is 229. The van der Waals surface area contributed by atoms with E-state index >= 15 is 0 Å². The molecule has 0 aromatic carbocycles. The van der Waals surface area contributed by atoms with Gasteiger partial charge in [-0.05, 0) is 13.3 Å². The van der Waals surface area contributed by atoms with Crippen molar-refractivity contribution in [3.8, 4) is 0 Å². The monoisotopic (exact) mass is 201 g/mol. The van der Waals surface area contributed by atoms with E-state index in [2.05, 4.69) is 4.74 Å². The molecule has 1 aliphatic rings. The maximum Gasteiger partial charge on any atom is 0.409 e. The van der Waals surface area contributed by atoms with Crippen molar-refractivity contribution >= 4 is 12.1 Å². The first-order valence-corrected chi connectivity index (χ1v) is 4.68. The van der Waals surface area contributed by atoms with Crippen molar-refractivity contribution < 1.29 is 19.1 Å². The van der Waals surface area contributed by atoms with Gasteiger partial charge < -0.3 is 14.4 Å². The molecule has 1 aliphatic heterocycles. The standard InChI is InChI=1S/C9H15NO4/c1-3-14-8(11)7-4-5-10(6-7)9(12)13-2/h7H,3-6H2,1-2H3. The van der Waals surface area contributed by atoms with E-state index in [1.807, 2.05) is 0 Å². The highest BCUT2D eigenvalue weighted by atomic mass is 16.5. The van der Waals surface area contributed by atoms with E-state index in [9.17, 15) is 9.59 Å². The molecule has 1 saturated heterocycles. The Labute approximate surface area is 83.0 Å². The molecule has 5 heteroatoms. The van der Waals surface area contributed by atoms with Gasteiger partial charge in [0.15, 0.2) is 0 Å². The van der Waals surface area contributed by atoms with Gasteiger partial charge >= 0.3 is 12.1 Å². The molecule has 0 spiro atoms. The molecular formula is C9H15NO4. The molecule has 80 valence electrons. The van der Waals surface area contributed by atoms with Crippen molar-refractivity contribution in [3.63, 3.8) is 0 Å².